The first-order valence-electron chi connectivity index (χ1n) is 6.51. The molecule has 0 heterocycles. The summed E-state index contributed by atoms with van der Waals surface area (Å²) in [6, 6.07) is -0.0504. The lowest BCUT2D eigenvalue weighted by atomic mass is 10.0. The summed E-state index contributed by atoms with van der Waals surface area (Å²) in [5.41, 5.74) is 0. The van der Waals surface area contributed by atoms with Gasteiger partial charge in [-0.15, -0.1) is 0 Å². The second kappa shape index (κ2) is 9.30. The zero-order chi connectivity index (χ0) is 15.7. The Labute approximate surface area is 120 Å². The summed E-state index contributed by atoms with van der Waals surface area (Å²) >= 11 is 0. The van der Waals surface area contributed by atoms with Crippen molar-refractivity contribution in [1.82, 2.24) is 15.1 Å². The summed E-state index contributed by atoms with van der Waals surface area (Å²) < 4.78 is 4.61. The molecule has 0 aliphatic rings. The number of ether oxygens (including phenoxy) is 1. The molecule has 0 unspecified atom stereocenters. The Bertz CT molecular complexity index is 334. The first-order chi connectivity index (χ1) is 9.33. The molecule has 7 heteroatoms. The van der Waals surface area contributed by atoms with Crippen LogP contribution in [0.25, 0.3) is 0 Å². The molecule has 0 aromatic carbocycles. The number of amides is 2. The van der Waals surface area contributed by atoms with Gasteiger partial charge in [0.15, 0.2) is 0 Å². The van der Waals surface area contributed by atoms with Crippen molar-refractivity contribution in [2.24, 2.45) is 5.92 Å². The minimum absolute atomic E-state index is 0.0239. The molecule has 116 valence electrons. The van der Waals surface area contributed by atoms with Gasteiger partial charge in [-0.3, -0.25) is 19.3 Å². The van der Waals surface area contributed by atoms with Gasteiger partial charge in [0.1, 0.15) is 0 Å². The van der Waals surface area contributed by atoms with Crippen LogP contribution in [0.2, 0.25) is 0 Å². The molecule has 0 aromatic heterocycles. The van der Waals surface area contributed by atoms with Crippen molar-refractivity contribution in [1.29, 1.82) is 0 Å². The van der Waals surface area contributed by atoms with Crippen LogP contribution in [0.1, 0.15) is 13.8 Å². The predicted octanol–water partition coefficient (Wildman–Crippen LogP) is -0.680. The summed E-state index contributed by atoms with van der Waals surface area (Å²) in [6.45, 7) is 4.72. The van der Waals surface area contributed by atoms with E-state index < -0.39 is 0 Å². The van der Waals surface area contributed by atoms with Crippen molar-refractivity contribution in [2.75, 3.05) is 40.8 Å². The van der Waals surface area contributed by atoms with Crippen molar-refractivity contribution >= 4 is 18.3 Å². The number of likely N-dealkylation sites (N-methyl/N-ethyl adjacent to an activating group) is 2. The van der Waals surface area contributed by atoms with E-state index in [4.69, 9.17) is 0 Å². The Balaban J connectivity index is 4.58. The van der Waals surface area contributed by atoms with Gasteiger partial charge in [0.05, 0.1) is 20.2 Å². The molecule has 1 atom stereocenters. The van der Waals surface area contributed by atoms with E-state index in [2.05, 4.69) is 10.1 Å². The second-order valence-electron chi connectivity index (χ2n) is 5.09. The minimum Gasteiger partial charge on any atom is -0.468 e. The molecule has 0 rings (SSSR count). The molecule has 0 fully saturated rings. The predicted molar refractivity (Wildman–Crippen MR) is 75.0 cm³/mol. The van der Waals surface area contributed by atoms with E-state index in [9.17, 15) is 14.4 Å². The third-order valence-electron chi connectivity index (χ3n) is 3.12. The quantitative estimate of drug-likeness (QED) is 0.449. The topological polar surface area (TPSA) is 79.0 Å². The third kappa shape index (κ3) is 6.51. The van der Waals surface area contributed by atoms with Crippen LogP contribution in [-0.2, 0) is 19.1 Å². The Morgan fingerprint density at radius 3 is 2.35 bits per heavy atom. The highest BCUT2D eigenvalue weighted by molar-refractivity contribution is 5.80. The molecule has 20 heavy (non-hydrogen) atoms. The SMILES string of the molecule is COC(=O)CN(C)C[C@H](C(C)C)N(C)C(=O)CNC=O. The largest absolute Gasteiger partial charge is 0.468 e. The fraction of sp³-hybridized carbons (Fsp3) is 0.769. The average molecular weight is 287 g/mol. The fourth-order valence-corrected chi connectivity index (χ4v) is 1.89. The third-order valence-corrected chi connectivity index (χ3v) is 3.12. The Hall–Kier alpha value is -1.63. The minimum atomic E-state index is -0.313. The normalized spacial score (nSPS) is 12.2. The number of hydrogen-bond donors (Lipinski definition) is 1. The Morgan fingerprint density at radius 1 is 1.30 bits per heavy atom. The number of esters is 1. The molecule has 0 aliphatic heterocycles. The lowest BCUT2D eigenvalue weighted by Gasteiger charge is -2.34. The zero-order valence-corrected chi connectivity index (χ0v) is 12.9. The average Bonchev–Trinajstić information content (AvgIpc) is 2.40. The second-order valence-corrected chi connectivity index (χ2v) is 5.09. The van der Waals surface area contributed by atoms with E-state index in [1.165, 1.54) is 7.11 Å². The molecule has 7 nitrogen and oxygen atoms in total. The summed E-state index contributed by atoms with van der Waals surface area (Å²) in [7, 11) is 4.84. The van der Waals surface area contributed by atoms with Gasteiger partial charge in [0, 0.05) is 19.6 Å². The molecule has 0 saturated carbocycles. The van der Waals surface area contributed by atoms with Gasteiger partial charge in [-0.2, -0.15) is 0 Å². The van der Waals surface area contributed by atoms with Crippen molar-refractivity contribution in [3.8, 4) is 0 Å². The number of hydrogen-bond acceptors (Lipinski definition) is 5. The van der Waals surface area contributed by atoms with Crippen LogP contribution in [0, 0.1) is 5.92 Å². The van der Waals surface area contributed by atoms with Gasteiger partial charge in [0.2, 0.25) is 12.3 Å². The number of methoxy groups -OCH3 is 1. The van der Waals surface area contributed by atoms with Gasteiger partial charge < -0.3 is 15.0 Å². The van der Waals surface area contributed by atoms with Crippen molar-refractivity contribution in [3.63, 3.8) is 0 Å². The molecule has 0 aliphatic carbocycles. The zero-order valence-electron chi connectivity index (χ0n) is 12.9. The number of carbonyl (C=O) groups is 3. The maximum absolute atomic E-state index is 11.9. The van der Waals surface area contributed by atoms with Crippen molar-refractivity contribution in [3.05, 3.63) is 0 Å². The highest BCUT2D eigenvalue weighted by atomic mass is 16.5. The fourth-order valence-electron chi connectivity index (χ4n) is 1.89. The smallest absolute Gasteiger partial charge is 0.319 e. The molecule has 1 N–H and O–H groups in total. The summed E-state index contributed by atoms with van der Waals surface area (Å²) in [5.74, 6) is -0.255. The Morgan fingerprint density at radius 2 is 1.90 bits per heavy atom. The number of rotatable bonds is 9. The van der Waals surface area contributed by atoms with E-state index >= 15 is 0 Å². The molecule has 2 amide bonds. The van der Waals surface area contributed by atoms with Crippen molar-refractivity contribution in [2.45, 2.75) is 19.9 Å². The number of nitrogens with one attached hydrogen (secondary N) is 1. The first kappa shape index (κ1) is 18.4. The standard InChI is InChI=1S/C13H25N3O4/c1-10(2)11(7-15(3)8-13(19)20-5)16(4)12(18)6-14-9-17/h9-11H,6-8H2,1-5H3,(H,14,17)/t11-/m1/s1. The Kier molecular flexibility index (Phi) is 8.54. The maximum Gasteiger partial charge on any atom is 0.319 e. The highest BCUT2D eigenvalue weighted by Crippen LogP contribution is 2.11. The van der Waals surface area contributed by atoms with Crippen LogP contribution in [-0.4, -0.2) is 75.0 Å². The van der Waals surface area contributed by atoms with E-state index in [-0.39, 0.29) is 36.9 Å². The van der Waals surface area contributed by atoms with Crippen molar-refractivity contribution < 1.29 is 19.1 Å². The lowest BCUT2D eigenvalue weighted by Crippen LogP contribution is -2.49. The van der Waals surface area contributed by atoms with Crippen LogP contribution in [0.3, 0.4) is 0 Å². The van der Waals surface area contributed by atoms with Gasteiger partial charge in [-0.1, -0.05) is 13.8 Å². The molecule has 0 radical (unpaired) electrons. The lowest BCUT2D eigenvalue weighted by molar-refractivity contribution is -0.141. The van der Waals surface area contributed by atoms with Crippen LogP contribution >= 0.6 is 0 Å². The van der Waals surface area contributed by atoms with E-state index in [1.807, 2.05) is 18.7 Å². The van der Waals surface area contributed by atoms with Crippen LogP contribution in [0.5, 0.6) is 0 Å². The molecular weight excluding hydrogens is 262 g/mol. The van der Waals surface area contributed by atoms with Crippen LogP contribution in [0.15, 0.2) is 0 Å². The highest BCUT2D eigenvalue weighted by Gasteiger charge is 2.24. The molecule has 0 bridgehead atoms. The monoisotopic (exact) mass is 287 g/mol. The van der Waals surface area contributed by atoms with Gasteiger partial charge in [-0.25, -0.2) is 0 Å². The van der Waals surface area contributed by atoms with Crippen LogP contribution < -0.4 is 5.32 Å². The van der Waals surface area contributed by atoms with E-state index in [0.717, 1.165) is 0 Å². The first-order valence-corrected chi connectivity index (χ1v) is 6.51. The molecule has 0 saturated heterocycles. The number of carbonyl (C=O) groups excluding carboxylic acids is 3. The molecular formula is C13H25N3O4. The summed E-state index contributed by atoms with van der Waals surface area (Å²) in [5, 5.41) is 2.36. The van der Waals surface area contributed by atoms with Gasteiger partial charge in [-0.05, 0) is 13.0 Å². The van der Waals surface area contributed by atoms with Gasteiger partial charge >= 0.3 is 5.97 Å². The molecule has 0 aromatic rings. The summed E-state index contributed by atoms with van der Waals surface area (Å²) in [4.78, 5) is 36.8. The maximum atomic E-state index is 11.9. The summed E-state index contributed by atoms with van der Waals surface area (Å²) in [6.07, 6.45) is 0.500. The van der Waals surface area contributed by atoms with Gasteiger partial charge in [0.25, 0.3) is 0 Å². The van der Waals surface area contributed by atoms with E-state index in [0.29, 0.717) is 13.0 Å². The number of nitrogens with zero attached hydrogens (tertiary/aromatic N) is 2. The van der Waals surface area contributed by atoms with E-state index in [1.54, 1.807) is 19.0 Å². The molecule has 0 spiro atoms. The van der Waals surface area contributed by atoms with Crippen LogP contribution in [0.4, 0.5) is 0 Å².